The Bertz CT molecular complexity index is 138. The van der Waals surface area contributed by atoms with Crippen LogP contribution in [0.1, 0.15) is 59.3 Å². The van der Waals surface area contributed by atoms with E-state index in [2.05, 4.69) is 13.8 Å². The molecule has 2 atom stereocenters. The van der Waals surface area contributed by atoms with Crippen molar-refractivity contribution in [3.63, 3.8) is 0 Å². The smallest absolute Gasteiger partial charge is 0.0625 e. The second-order valence-corrected chi connectivity index (χ2v) is 5.22. The summed E-state index contributed by atoms with van der Waals surface area (Å²) in [4.78, 5) is 0. The number of rotatable bonds is 5. The first-order chi connectivity index (χ1) is 6.03. The van der Waals surface area contributed by atoms with Crippen molar-refractivity contribution in [1.29, 1.82) is 0 Å². The van der Waals surface area contributed by atoms with Crippen LogP contribution in [0.3, 0.4) is 0 Å². The van der Waals surface area contributed by atoms with Crippen LogP contribution < -0.4 is 0 Å². The van der Waals surface area contributed by atoms with E-state index in [4.69, 9.17) is 0 Å². The molecule has 0 aromatic heterocycles. The first kappa shape index (κ1) is 11.0. The van der Waals surface area contributed by atoms with Crippen LogP contribution in [0.4, 0.5) is 0 Å². The zero-order valence-corrected chi connectivity index (χ0v) is 9.34. The summed E-state index contributed by atoms with van der Waals surface area (Å²) in [7, 11) is 0. The molecule has 1 N–H and O–H groups in total. The quantitative estimate of drug-likeness (QED) is 0.694. The molecule has 1 rings (SSSR count). The molecule has 1 aliphatic rings. The Morgan fingerprint density at radius 2 is 2.08 bits per heavy atom. The van der Waals surface area contributed by atoms with E-state index in [1.807, 2.05) is 6.92 Å². The fourth-order valence-corrected chi connectivity index (χ4v) is 2.30. The van der Waals surface area contributed by atoms with Crippen molar-refractivity contribution < 1.29 is 5.11 Å². The Hall–Kier alpha value is -0.0400. The summed E-state index contributed by atoms with van der Waals surface area (Å²) in [5, 5.41) is 10.2. The minimum Gasteiger partial charge on any atom is -0.390 e. The third kappa shape index (κ3) is 3.68. The van der Waals surface area contributed by atoms with E-state index in [-0.39, 0.29) is 0 Å². The van der Waals surface area contributed by atoms with Crippen molar-refractivity contribution in [1.82, 2.24) is 0 Å². The Morgan fingerprint density at radius 3 is 2.46 bits per heavy atom. The minimum atomic E-state index is -0.402. The zero-order chi connectivity index (χ0) is 9.90. The van der Waals surface area contributed by atoms with Crippen LogP contribution in [-0.4, -0.2) is 10.7 Å². The first-order valence-corrected chi connectivity index (χ1v) is 5.76. The molecule has 1 saturated carbocycles. The second-order valence-electron chi connectivity index (χ2n) is 5.22. The molecule has 0 amide bonds. The molecule has 0 aliphatic heterocycles. The maximum atomic E-state index is 10.2. The molecule has 2 unspecified atom stereocenters. The summed E-state index contributed by atoms with van der Waals surface area (Å²) in [6, 6.07) is 0. The Labute approximate surface area is 82.5 Å². The van der Waals surface area contributed by atoms with Gasteiger partial charge in [-0.25, -0.2) is 0 Å². The standard InChI is InChI=1S/C12H24O/c1-4-10(2)8-12(3,13)9-11-6-5-7-11/h10-11,13H,4-9H2,1-3H3. The molecule has 0 radical (unpaired) electrons. The van der Waals surface area contributed by atoms with E-state index >= 15 is 0 Å². The molecular weight excluding hydrogens is 160 g/mol. The zero-order valence-electron chi connectivity index (χ0n) is 9.34. The predicted molar refractivity (Wildman–Crippen MR) is 56.7 cm³/mol. The largest absolute Gasteiger partial charge is 0.390 e. The fraction of sp³-hybridized carbons (Fsp3) is 1.00. The van der Waals surface area contributed by atoms with Crippen LogP contribution >= 0.6 is 0 Å². The van der Waals surface area contributed by atoms with Crippen LogP contribution in [0.15, 0.2) is 0 Å². The van der Waals surface area contributed by atoms with Crippen molar-refractivity contribution in [2.45, 2.75) is 64.9 Å². The Balaban J connectivity index is 2.26. The summed E-state index contributed by atoms with van der Waals surface area (Å²) in [5.41, 5.74) is -0.402. The van der Waals surface area contributed by atoms with Gasteiger partial charge >= 0.3 is 0 Å². The van der Waals surface area contributed by atoms with Crippen LogP contribution in [0.5, 0.6) is 0 Å². The van der Waals surface area contributed by atoms with E-state index in [0.29, 0.717) is 5.92 Å². The lowest BCUT2D eigenvalue weighted by molar-refractivity contribution is 0.000219. The van der Waals surface area contributed by atoms with E-state index in [0.717, 1.165) is 18.8 Å². The maximum absolute atomic E-state index is 10.2. The molecule has 1 heteroatoms. The third-order valence-corrected chi connectivity index (χ3v) is 3.44. The van der Waals surface area contributed by atoms with Crippen molar-refractivity contribution in [2.24, 2.45) is 11.8 Å². The average molecular weight is 184 g/mol. The third-order valence-electron chi connectivity index (χ3n) is 3.44. The lowest BCUT2D eigenvalue weighted by atomic mass is 9.75. The van der Waals surface area contributed by atoms with Crippen LogP contribution in [-0.2, 0) is 0 Å². The second kappa shape index (κ2) is 4.45. The van der Waals surface area contributed by atoms with E-state index < -0.39 is 5.60 Å². The highest BCUT2D eigenvalue weighted by Gasteiger charge is 2.29. The van der Waals surface area contributed by atoms with Gasteiger partial charge in [0.2, 0.25) is 0 Å². The minimum absolute atomic E-state index is 0.402. The molecule has 1 fully saturated rings. The van der Waals surface area contributed by atoms with Gasteiger partial charge in [-0.05, 0) is 31.6 Å². The number of aliphatic hydroxyl groups is 1. The van der Waals surface area contributed by atoms with Gasteiger partial charge in [-0.15, -0.1) is 0 Å². The van der Waals surface area contributed by atoms with Crippen LogP contribution in [0, 0.1) is 11.8 Å². The van der Waals surface area contributed by atoms with Gasteiger partial charge < -0.3 is 5.11 Å². The van der Waals surface area contributed by atoms with Gasteiger partial charge in [0, 0.05) is 0 Å². The molecule has 13 heavy (non-hydrogen) atoms. The van der Waals surface area contributed by atoms with Gasteiger partial charge in [-0.1, -0.05) is 39.5 Å². The highest BCUT2D eigenvalue weighted by molar-refractivity contribution is 4.82. The summed E-state index contributed by atoms with van der Waals surface area (Å²) >= 11 is 0. The van der Waals surface area contributed by atoms with Crippen LogP contribution in [0.2, 0.25) is 0 Å². The molecule has 78 valence electrons. The summed E-state index contributed by atoms with van der Waals surface area (Å²) in [5.74, 6) is 1.48. The van der Waals surface area contributed by atoms with Gasteiger partial charge in [0.1, 0.15) is 0 Å². The van der Waals surface area contributed by atoms with E-state index in [9.17, 15) is 5.11 Å². The Kier molecular flexibility index (Phi) is 3.78. The molecule has 1 aliphatic carbocycles. The maximum Gasteiger partial charge on any atom is 0.0625 e. The molecular formula is C12H24O. The van der Waals surface area contributed by atoms with E-state index in [1.165, 1.54) is 25.7 Å². The summed E-state index contributed by atoms with van der Waals surface area (Å²) < 4.78 is 0. The monoisotopic (exact) mass is 184 g/mol. The van der Waals surface area contributed by atoms with Gasteiger partial charge in [-0.3, -0.25) is 0 Å². The van der Waals surface area contributed by atoms with Crippen molar-refractivity contribution in [3.8, 4) is 0 Å². The lowest BCUT2D eigenvalue weighted by Gasteiger charge is -2.34. The van der Waals surface area contributed by atoms with Gasteiger partial charge in [-0.2, -0.15) is 0 Å². The first-order valence-electron chi connectivity index (χ1n) is 5.76. The Morgan fingerprint density at radius 1 is 1.46 bits per heavy atom. The molecule has 0 aromatic rings. The van der Waals surface area contributed by atoms with E-state index in [1.54, 1.807) is 0 Å². The normalized spacial score (nSPS) is 24.9. The van der Waals surface area contributed by atoms with Crippen LogP contribution in [0.25, 0.3) is 0 Å². The predicted octanol–water partition coefficient (Wildman–Crippen LogP) is 3.36. The van der Waals surface area contributed by atoms with Gasteiger partial charge in [0.15, 0.2) is 0 Å². The molecule has 0 bridgehead atoms. The average Bonchev–Trinajstić information content (AvgIpc) is 1.96. The molecule has 0 spiro atoms. The molecule has 0 heterocycles. The van der Waals surface area contributed by atoms with Crippen molar-refractivity contribution >= 4 is 0 Å². The number of hydrogen-bond donors (Lipinski definition) is 1. The SMILES string of the molecule is CCC(C)CC(C)(O)CC1CCC1. The molecule has 0 saturated heterocycles. The van der Waals surface area contributed by atoms with Gasteiger partial charge in [0.05, 0.1) is 5.60 Å². The summed E-state index contributed by atoms with van der Waals surface area (Å²) in [6.07, 6.45) is 7.25. The molecule has 0 aromatic carbocycles. The highest BCUT2D eigenvalue weighted by atomic mass is 16.3. The summed E-state index contributed by atoms with van der Waals surface area (Å²) in [6.45, 7) is 6.44. The molecule has 1 nitrogen and oxygen atoms in total. The lowest BCUT2D eigenvalue weighted by Crippen LogP contribution is -2.32. The van der Waals surface area contributed by atoms with Crippen molar-refractivity contribution in [2.75, 3.05) is 0 Å². The fourth-order valence-electron chi connectivity index (χ4n) is 2.30. The van der Waals surface area contributed by atoms with Crippen molar-refractivity contribution in [3.05, 3.63) is 0 Å². The highest BCUT2D eigenvalue weighted by Crippen LogP contribution is 2.36. The van der Waals surface area contributed by atoms with Gasteiger partial charge in [0.25, 0.3) is 0 Å². The topological polar surface area (TPSA) is 20.2 Å². The number of hydrogen-bond acceptors (Lipinski definition) is 1.